The van der Waals surface area contributed by atoms with Crippen molar-refractivity contribution in [3.05, 3.63) is 35.2 Å². The number of rotatable bonds is 0. The first-order chi connectivity index (χ1) is 5.92. The molecule has 0 saturated carbocycles. The normalized spacial score (nSPS) is 9.42. The van der Waals surface area contributed by atoms with Crippen molar-refractivity contribution in [1.82, 2.24) is 0 Å². The summed E-state index contributed by atoms with van der Waals surface area (Å²) >= 11 is 1.64. The third kappa shape index (κ3) is 1.09. The Hall–Kier alpha value is -1.33. The Labute approximate surface area is 73.6 Å². The summed E-state index contributed by atoms with van der Waals surface area (Å²) in [5.74, 6) is 2.43. The monoisotopic (exact) mass is 176 g/mol. The van der Waals surface area contributed by atoms with E-state index in [-0.39, 0.29) is 0 Å². The summed E-state index contributed by atoms with van der Waals surface area (Å²) in [7, 11) is 0. The van der Waals surface area contributed by atoms with E-state index in [2.05, 4.69) is 5.92 Å². The van der Waals surface area contributed by atoms with Gasteiger partial charge in [0.15, 0.2) is 0 Å². The Balaban J connectivity index is 2.79. The zero-order chi connectivity index (χ0) is 8.39. The van der Waals surface area contributed by atoms with Gasteiger partial charge in [-0.1, -0.05) is 6.07 Å². The minimum atomic E-state index is 0.760. The van der Waals surface area contributed by atoms with Gasteiger partial charge >= 0.3 is 0 Å². The molecule has 2 rings (SSSR count). The zero-order valence-corrected chi connectivity index (χ0v) is 6.99. The van der Waals surface area contributed by atoms with Crippen LogP contribution < -0.4 is 0 Å². The molecular formula is C10H5FS. The fourth-order valence-electron chi connectivity index (χ4n) is 1.15. The van der Waals surface area contributed by atoms with Gasteiger partial charge in [-0.25, -0.2) is 0 Å². The van der Waals surface area contributed by atoms with Crippen LogP contribution in [0, 0.1) is 12.1 Å². The van der Waals surface area contributed by atoms with Gasteiger partial charge in [-0.05, 0) is 29.5 Å². The Bertz CT molecular complexity index is 459. The van der Waals surface area contributed by atoms with Crippen LogP contribution in [0.15, 0.2) is 29.6 Å². The summed E-state index contributed by atoms with van der Waals surface area (Å²) in [4.78, 5) is 0. The maximum Gasteiger partial charge on any atom is 0.111 e. The van der Waals surface area contributed by atoms with E-state index in [0.717, 1.165) is 15.6 Å². The van der Waals surface area contributed by atoms with Crippen LogP contribution in [0.25, 0.3) is 10.1 Å². The molecule has 0 aliphatic heterocycles. The zero-order valence-electron chi connectivity index (χ0n) is 6.17. The van der Waals surface area contributed by atoms with Crippen molar-refractivity contribution < 1.29 is 4.39 Å². The molecule has 0 nitrogen and oxygen atoms in total. The third-order valence-electron chi connectivity index (χ3n) is 1.68. The Morgan fingerprint density at radius 3 is 3.00 bits per heavy atom. The van der Waals surface area contributed by atoms with Crippen molar-refractivity contribution in [2.24, 2.45) is 0 Å². The highest BCUT2D eigenvalue weighted by Gasteiger charge is 1.97. The van der Waals surface area contributed by atoms with E-state index < -0.39 is 0 Å². The molecule has 1 heterocycles. The van der Waals surface area contributed by atoms with E-state index in [1.54, 1.807) is 11.3 Å². The van der Waals surface area contributed by atoms with Crippen LogP contribution in [0.4, 0.5) is 4.39 Å². The molecule has 0 fully saturated rings. The average Bonchev–Trinajstić information content (AvgIpc) is 2.53. The summed E-state index contributed by atoms with van der Waals surface area (Å²) in [6.45, 7) is 0. The van der Waals surface area contributed by atoms with Crippen molar-refractivity contribution in [2.75, 3.05) is 0 Å². The van der Waals surface area contributed by atoms with Gasteiger partial charge in [0.2, 0.25) is 0 Å². The van der Waals surface area contributed by atoms with Gasteiger partial charge in [-0.2, -0.15) is 0 Å². The summed E-state index contributed by atoms with van der Waals surface area (Å²) in [5, 5.41) is 3.02. The van der Waals surface area contributed by atoms with Crippen molar-refractivity contribution in [3.63, 3.8) is 0 Å². The van der Waals surface area contributed by atoms with Crippen LogP contribution in [0.2, 0.25) is 0 Å². The van der Waals surface area contributed by atoms with Crippen LogP contribution in [0.5, 0.6) is 0 Å². The van der Waals surface area contributed by atoms with Gasteiger partial charge in [0.1, 0.15) is 6.17 Å². The lowest BCUT2D eigenvalue weighted by molar-refractivity contribution is 0.774. The predicted molar refractivity (Wildman–Crippen MR) is 49.8 cm³/mol. The average molecular weight is 176 g/mol. The Morgan fingerprint density at radius 2 is 2.17 bits per heavy atom. The van der Waals surface area contributed by atoms with E-state index >= 15 is 0 Å². The maximum absolute atomic E-state index is 11.8. The lowest BCUT2D eigenvalue weighted by Crippen LogP contribution is -1.72. The number of fused-ring (bicyclic) bond motifs is 1. The molecule has 1 aromatic heterocycles. The number of hydrogen-bond donors (Lipinski definition) is 0. The minimum absolute atomic E-state index is 0.760. The molecule has 0 spiro atoms. The van der Waals surface area contributed by atoms with Crippen LogP contribution in [-0.2, 0) is 0 Å². The number of halogens is 1. The fourth-order valence-corrected chi connectivity index (χ4v) is 1.97. The van der Waals surface area contributed by atoms with Gasteiger partial charge in [0.25, 0.3) is 0 Å². The predicted octanol–water partition coefficient (Wildman–Crippen LogP) is 3.18. The molecule has 0 bridgehead atoms. The largest absolute Gasteiger partial charge is 0.144 e. The molecule has 2 heteroatoms. The molecule has 0 radical (unpaired) electrons. The molecule has 0 unspecified atom stereocenters. The van der Waals surface area contributed by atoms with Crippen molar-refractivity contribution in [2.45, 2.75) is 0 Å². The van der Waals surface area contributed by atoms with Crippen molar-refractivity contribution >= 4 is 21.4 Å². The first kappa shape index (κ1) is 7.33. The van der Waals surface area contributed by atoms with Crippen molar-refractivity contribution in [3.8, 4) is 12.1 Å². The molecule has 0 N–H and O–H groups in total. The third-order valence-corrected chi connectivity index (χ3v) is 2.56. The van der Waals surface area contributed by atoms with Gasteiger partial charge < -0.3 is 0 Å². The lowest BCUT2D eigenvalue weighted by atomic mass is 10.1. The van der Waals surface area contributed by atoms with Gasteiger partial charge in [-0.3, -0.25) is 0 Å². The molecule has 0 atom stereocenters. The second-order valence-corrected chi connectivity index (χ2v) is 3.31. The summed E-state index contributed by atoms with van der Waals surface area (Å²) in [6, 6.07) is 7.67. The smallest absolute Gasteiger partial charge is 0.111 e. The fraction of sp³-hybridized carbons (Fsp3) is 0. The molecule has 2 aromatic rings. The Morgan fingerprint density at radius 1 is 1.25 bits per heavy atom. The second kappa shape index (κ2) is 2.96. The highest BCUT2D eigenvalue weighted by Crippen LogP contribution is 2.23. The molecule has 1 aromatic carbocycles. The molecule has 0 aliphatic carbocycles. The lowest BCUT2D eigenvalue weighted by Gasteiger charge is -1.91. The summed E-state index contributed by atoms with van der Waals surface area (Å²) in [6.07, 6.45) is 1.42. The van der Waals surface area contributed by atoms with Crippen LogP contribution in [0.3, 0.4) is 0 Å². The molecule has 0 aliphatic rings. The number of benzene rings is 1. The van der Waals surface area contributed by atoms with Gasteiger partial charge in [-0.15, -0.1) is 15.7 Å². The van der Waals surface area contributed by atoms with E-state index in [1.165, 1.54) is 6.17 Å². The molecule has 12 heavy (non-hydrogen) atoms. The highest BCUT2D eigenvalue weighted by atomic mass is 32.1. The van der Waals surface area contributed by atoms with Crippen molar-refractivity contribution in [1.29, 1.82) is 0 Å². The summed E-state index contributed by atoms with van der Waals surface area (Å²) in [5.41, 5.74) is 0.760. The quantitative estimate of drug-likeness (QED) is 0.541. The second-order valence-electron chi connectivity index (χ2n) is 2.36. The molecule has 58 valence electrons. The maximum atomic E-state index is 11.8. The SMILES string of the molecule is FC#Cc1cccc2sccc12. The standard InChI is InChI=1S/C10H5FS/c11-6-4-8-2-1-3-10-9(8)5-7-12-10/h1-3,5,7H. The first-order valence-corrected chi connectivity index (χ1v) is 4.37. The molecule has 0 amide bonds. The first-order valence-electron chi connectivity index (χ1n) is 3.49. The highest BCUT2D eigenvalue weighted by molar-refractivity contribution is 7.17. The van der Waals surface area contributed by atoms with E-state index in [1.807, 2.05) is 29.6 Å². The number of hydrogen-bond acceptors (Lipinski definition) is 1. The van der Waals surface area contributed by atoms with E-state index in [0.29, 0.717) is 0 Å². The van der Waals surface area contributed by atoms with Crippen LogP contribution in [0.1, 0.15) is 5.56 Å². The van der Waals surface area contributed by atoms with Crippen LogP contribution in [-0.4, -0.2) is 0 Å². The molecular weight excluding hydrogens is 171 g/mol. The van der Waals surface area contributed by atoms with Gasteiger partial charge in [0.05, 0.1) is 0 Å². The van der Waals surface area contributed by atoms with E-state index in [9.17, 15) is 4.39 Å². The summed E-state index contributed by atoms with van der Waals surface area (Å²) < 4.78 is 12.9. The van der Waals surface area contributed by atoms with E-state index in [4.69, 9.17) is 0 Å². The minimum Gasteiger partial charge on any atom is -0.144 e. The Kier molecular flexibility index (Phi) is 1.81. The number of thiophene rings is 1. The van der Waals surface area contributed by atoms with Crippen LogP contribution >= 0.6 is 11.3 Å². The topological polar surface area (TPSA) is 0 Å². The molecule has 0 saturated heterocycles. The van der Waals surface area contributed by atoms with Gasteiger partial charge in [0, 0.05) is 15.6 Å².